The van der Waals surface area contributed by atoms with Gasteiger partial charge in [0.25, 0.3) is 5.91 Å². The van der Waals surface area contributed by atoms with Crippen molar-refractivity contribution in [2.75, 3.05) is 64.2 Å². The molecular weight excluding hydrogens is 608 g/mol. The molecule has 4 aliphatic rings. The van der Waals surface area contributed by atoms with Gasteiger partial charge in [0.1, 0.15) is 0 Å². The van der Waals surface area contributed by atoms with E-state index in [0.29, 0.717) is 58.0 Å². The topological polar surface area (TPSA) is 115 Å². The Morgan fingerprint density at radius 2 is 1.69 bits per heavy atom. The summed E-state index contributed by atoms with van der Waals surface area (Å²) in [4.78, 5) is 48.9. The number of likely N-dealkylation sites (tertiary alicyclic amines) is 1. The molecule has 2 N–H and O–H groups in total. The molecule has 0 radical (unpaired) electrons. The van der Waals surface area contributed by atoms with Gasteiger partial charge in [-0.1, -0.05) is 24.3 Å². The SMILES string of the molecule is Cc1cc(CC(OC(=O)N2CCC(N3CCc4ccccc4NC3=O)CC2)C(=O)N2CCN(C3CCNCC3)CC2)cc2cn(C)nc12. The van der Waals surface area contributed by atoms with Crippen LogP contribution in [0.3, 0.4) is 0 Å². The number of amides is 4. The van der Waals surface area contributed by atoms with Crippen molar-refractivity contribution in [3.05, 3.63) is 59.3 Å². The highest BCUT2D eigenvalue weighted by atomic mass is 16.6. The largest absolute Gasteiger partial charge is 0.436 e. The Kier molecular flexibility index (Phi) is 9.54. The van der Waals surface area contributed by atoms with Crippen LogP contribution in [0.4, 0.5) is 15.3 Å². The molecule has 7 rings (SSSR count). The summed E-state index contributed by atoms with van der Waals surface area (Å²) in [6.07, 6.45) is 5.26. The summed E-state index contributed by atoms with van der Waals surface area (Å²) in [5.41, 5.74) is 4.90. The predicted molar refractivity (Wildman–Crippen MR) is 184 cm³/mol. The van der Waals surface area contributed by atoms with Crippen molar-refractivity contribution in [2.45, 2.75) is 63.6 Å². The van der Waals surface area contributed by atoms with Crippen molar-refractivity contribution in [1.29, 1.82) is 0 Å². The van der Waals surface area contributed by atoms with Gasteiger partial charge in [-0.05, 0) is 80.9 Å². The third kappa shape index (κ3) is 7.00. The molecule has 3 saturated heterocycles. The minimum absolute atomic E-state index is 0.0335. The van der Waals surface area contributed by atoms with Crippen LogP contribution in [0, 0.1) is 6.92 Å². The van der Waals surface area contributed by atoms with E-state index in [1.165, 1.54) is 0 Å². The fourth-order valence-corrected chi connectivity index (χ4v) is 8.00. The number of rotatable bonds is 6. The molecule has 12 nitrogen and oxygen atoms in total. The molecule has 1 aromatic heterocycles. The number of ether oxygens (including phenoxy) is 1. The molecule has 0 bridgehead atoms. The summed E-state index contributed by atoms with van der Waals surface area (Å²) in [6, 6.07) is 12.5. The van der Waals surface area contributed by atoms with E-state index in [-0.39, 0.29) is 18.0 Å². The average molecular weight is 657 g/mol. The quantitative estimate of drug-likeness (QED) is 0.418. The molecule has 2 aromatic carbocycles. The maximum Gasteiger partial charge on any atom is 0.410 e. The fourth-order valence-electron chi connectivity index (χ4n) is 8.00. The third-order valence-electron chi connectivity index (χ3n) is 10.7. The third-order valence-corrected chi connectivity index (χ3v) is 10.7. The molecule has 12 heteroatoms. The van der Waals surface area contributed by atoms with E-state index in [9.17, 15) is 14.4 Å². The van der Waals surface area contributed by atoms with Crippen molar-refractivity contribution < 1.29 is 19.1 Å². The van der Waals surface area contributed by atoms with E-state index in [4.69, 9.17) is 4.74 Å². The lowest BCUT2D eigenvalue weighted by molar-refractivity contribution is -0.143. The number of nitrogens with zero attached hydrogens (tertiary/aromatic N) is 6. The molecule has 1 unspecified atom stereocenters. The van der Waals surface area contributed by atoms with Crippen LogP contribution in [0.1, 0.15) is 42.4 Å². The van der Waals surface area contributed by atoms with Crippen LogP contribution in [0.2, 0.25) is 0 Å². The number of para-hydroxylation sites is 1. The number of hydrogen-bond donors (Lipinski definition) is 2. The highest BCUT2D eigenvalue weighted by molar-refractivity contribution is 5.91. The molecule has 4 aliphatic heterocycles. The van der Waals surface area contributed by atoms with Crippen molar-refractivity contribution in [2.24, 2.45) is 7.05 Å². The van der Waals surface area contributed by atoms with E-state index < -0.39 is 12.2 Å². The van der Waals surface area contributed by atoms with Gasteiger partial charge in [-0.15, -0.1) is 0 Å². The van der Waals surface area contributed by atoms with Crippen LogP contribution in [-0.4, -0.2) is 125 Å². The Morgan fingerprint density at radius 1 is 0.938 bits per heavy atom. The zero-order valence-electron chi connectivity index (χ0n) is 28.2. The van der Waals surface area contributed by atoms with Gasteiger partial charge in [-0.3, -0.25) is 14.4 Å². The lowest BCUT2D eigenvalue weighted by Crippen LogP contribution is -2.56. The standard InChI is InChI=1S/C36H48N8O4/c1-25-21-26(22-28-24-40(2)39-33(25)28)23-32(34(45)42-19-17-41(18-20-42)29-7-12-37-13-8-29)48-36(47)43-14-10-30(11-15-43)44-16-9-27-5-3-4-6-31(27)38-35(44)46/h3-6,21-22,24,29-30,32,37H,7-20,23H2,1-2H3,(H,38,46). The van der Waals surface area contributed by atoms with Crippen molar-refractivity contribution in [1.82, 2.24) is 34.7 Å². The second kappa shape index (κ2) is 14.1. The number of carbonyl (C=O) groups is 3. The highest BCUT2D eigenvalue weighted by Crippen LogP contribution is 2.26. The fraction of sp³-hybridized carbons (Fsp3) is 0.556. The smallest absolute Gasteiger partial charge is 0.410 e. The van der Waals surface area contributed by atoms with Crippen LogP contribution in [-0.2, 0) is 29.4 Å². The molecule has 0 aliphatic carbocycles. The summed E-state index contributed by atoms with van der Waals surface area (Å²) in [6.45, 7) is 8.61. The van der Waals surface area contributed by atoms with E-state index in [1.807, 2.05) is 48.2 Å². The van der Waals surface area contributed by atoms with Gasteiger partial charge in [-0.2, -0.15) is 5.10 Å². The van der Waals surface area contributed by atoms with Crippen LogP contribution < -0.4 is 10.6 Å². The Morgan fingerprint density at radius 3 is 2.46 bits per heavy atom. The lowest BCUT2D eigenvalue weighted by Gasteiger charge is -2.41. The number of carbonyl (C=O) groups excluding carboxylic acids is 3. The van der Waals surface area contributed by atoms with Crippen molar-refractivity contribution in [3.8, 4) is 0 Å². The van der Waals surface area contributed by atoms with Gasteiger partial charge >= 0.3 is 12.1 Å². The number of urea groups is 1. The first-order valence-electron chi connectivity index (χ1n) is 17.6. The van der Waals surface area contributed by atoms with Crippen LogP contribution >= 0.6 is 0 Å². The van der Waals surface area contributed by atoms with Gasteiger partial charge in [0.15, 0.2) is 6.10 Å². The molecule has 0 spiro atoms. The molecule has 1 atom stereocenters. The monoisotopic (exact) mass is 656 g/mol. The zero-order chi connectivity index (χ0) is 33.2. The van der Waals surface area contributed by atoms with Crippen LogP contribution in [0.5, 0.6) is 0 Å². The molecule has 3 aromatic rings. The Bertz CT molecular complexity index is 1640. The average Bonchev–Trinajstić information content (AvgIpc) is 3.40. The minimum Gasteiger partial charge on any atom is -0.436 e. The number of anilines is 1. The molecule has 5 heterocycles. The number of aryl methyl sites for hydroxylation is 2. The van der Waals surface area contributed by atoms with Crippen molar-refractivity contribution >= 4 is 34.6 Å². The van der Waals surface area contributed by atoms with E-state index in [2.05, 4.69) is 38.8 Å². The summed E-state index contributed by atoms with van der Waals surface area (Å²) in [7, 11) is 1.90. The maximum atomic E-state index is 14.1. The summed E-state index contributed by atoms with van der Waals surface area (Å²) >= 11 is 0. The van der Waals surface area contributed by atoms with Gasteiger partial charge < -0.3 is 30.1 Å². The predicted octanol–water partition coefficient (Wildman–Crippen LogP) is 3.38. The molecular formula is C36H48N8O4. The Hall–Kier alpha value is -4.16. The number of aromatic nitrogens is 2. The first-order chi connectivity index (χ1) is 23.3. The minimum atomic E-state index is -0.927. The number of nitrogens with one attached hydrogen (secondary N) is 2. The maximum absolute atomic E-state index is 14.1. The summed E-state index contributed by atoms with van der Waals surface area (Å²) in [5, 5.41) is 12.1. The molecule has 256 valence electrons. The lowest BCUT2D eigenvalue weighted by atomic mass is 10.0. The second-order valence-corrected chi connectivity index (χ2v) is 13.8. The molecule has 0 saturated carbocycles. The van der Waals surface area contributed by atoms with E-state index in [0.717, 1.165) is 78.7 Å². The van der Waals surface area contributed by atoms with Gasteiger partial charge in [0.2, 0.25) is 0 Å². The Labute approximate surface area is 282 Å². The van der Waals surface area contributed by atoms with Gasteiger partial charge in [0, 0.05) is 88.6 Å². The van der Waals surface area contributed by atoms with E-state index in [1.54, 1.807) is 9.58 Å². The molecule has 48 heavy (non-hydrogen) atoms. The van der Waals surface area contributed by atoms with Gasteiger partial charge in [0.05, 0.1) is 5.52 Å². The second-order valence-electron chi connectivity index (χ2n) is 13.8. The number of piperazine rings is 1. The molecule has 4 amide bonds. The first-order valence-corrected chi connectivity index (χ1v) is 17.6. The summed E-state index contributed by atoms with van der Waals surface area (Å²) < 4.78 is 7.93. The molecule has 3 fully saturated rings. The normalized spacial score (nSPS) is 20.7. The van der Waals surface area contributed by atoms with E-state index >= 15 is 0 Å². The van der Waals surface area contributed by atoms with Gasteiger partial charge in [-0.25, -0.2) is 9.59 Å². The number of piperidine rings is 2. The number of hydrogen-bond acceptors (Lipinski definition) is 7. The highest BCUT2D eigenvalue weighted by Gasteiger charge is 2.36. The Balaban J connectivity index is 1.01. The first kappa shape index (κ1) is 32.4. The van der Waals surface area contributed by atoms with Crippen LogP contribution in [0.25, 0.3) is 10.9 Å². The zero-order valence-corrected chi connectivity index (χ0v) is 28.2. The summed E-state index contributed by atoms with van der Waals surface area (Å²) in [5.74, 6) is -0.132. The van der Waals surface area contributed by atoms with Crippen molar-refractivity contribution in [3.63, 3.8) is 0 Å². The number of fused-ring (bicyclic) bond motifs is 2. The van der Waals surface area contributed by atoms with Crippen LogP contribution in [0.15, 0.2) is 42.6 Å². The number of benzene rings is 2.